The zero-order valence-corrected chi connectivity index (χ0v) is 7.99. The van der Waals surface area contributed by atoms with E-state index in [1.165, 1.54) is 31.1 Å². The SMILES string of the molecule is BN1CCCC(SC(C)=O)C1. The number of carbonyl (C=O) groups excluding carboxylic acids is 1. The molecular formula is C7H14BNOS. The van der Waals surface area contributed by atoms with Gasteiger partial charge in [0.2, 0.25) is 0 Å². The lowest BCUT2D eigenvalue weighted by Crippen LogP contribution is -2.35. The molecule has 0 aliphatic carbocycles. The summed E-state index contributed by atoms with van der Waals surface area (Å²) in [6.07, 6.45) is 2.44. The van der Waals surface area contributed by atoms with Crippen molar-refractivity contribution in [3.8, 4) is 0 Å². The van der Waals surface area contributed by atoms with Gasteiger partial charge in [0.15, 0.2) is 13.1 Å². The summed E-state index contributed by atoms with van der Waals surface area (Å²) < 4.78 is 0. The predicted octanol–water partition coefficient (Wildman–Crippen LogP) is 0.279. The lowest BCUT2D eigenvalue weighted by Gasteiger charge is -2.28. The number of rotatable bonds is 1. The summed E-state index contributed by atoms with van der Waals surface area (Å²) in [4.78, 5) is 13.1. The molecule has 1 aliphatic heterocycles. The molecule has 0 aromatic rings. The highest BCUT2D eigenvalue weighted by molar-refractivity contribution is 8.14. The molecule has 1 heterocycles. The molecule has 0 aromatic heterocycles. The molecule has 0 saturated carbocycles. The van der Waals surface area contributed by atoms with Crippen LogP contribution in [0, 0.1) is 0 Å². The average molecular weight is 171 g/mol. The Kier molecular flexibility index (Phi) is 3.46. The Bertz CT molecular complexity index is 153. The molecule has 11 heavy (non-hydrogen) atoms. The van der Waals surface area contributed by atoms with Gasteiger partial charge in [-0.3, -0.25) is 4.79 Å². The van der Waals surface area contributed by atoms with Crippen LogP contribution in [-0.2, 0) is 4.79 Å². The largest absolute Gasteiger partial charge is 0.348 e. The molecule has 0 amide bonds. The minimum atomic E-state index is 0.255. The van der Waals surface area contributed by atoms with Crippen LogP contribution in [0.15, 0.2) is 0 Å². The standard InChI is InChI=1S/C7H14BNOS/c1-6(10)11-7-3-2-4-9(8)5-7/h7H,2-5,8H2,1H3. The van der Waals surface area contributed by atoms with Gasteiger partial charge in [0.1, 0.15) is 0 Å². The fourth-order valence-corrected chi connectivity index (χ4v) is 2.53. The third-order valence-corrected chi connectivity index (χ3v) is 2.96. The second-order valence-electron chi connectivity index (χ2n) is 3.14. The van der Waals surface area contributed by atoms with Crippen LogP contribution in [0.2, 0.25) is 0 Å². The van der Waals surface area contributed by atoms with Crippen molar-refractivity contribution in [2.75, 3.05) is 13.1 Å². The van der Waals surface area contributed by atoms with Crippen LogP contribution in [0.5, 0.6) is 0 Å². The van der Waals surface area contributed by atoms with Gasteiger partial charge in [-0.05, 0) is 25.9 Å². The summed E-state index contributed by atoms with van der Waals surface area (Å²) in [6, 6.07) is 0. The summed E-state index contributed by atoms with van der Waals surface area (Å²) in [7, 11) is 2.12. The van der Waals surface area contributed by atoms with Gasteiger partial charge in [0.05, 0.1) is 0 Å². The molecule has 62 valence electrons. The van der Waals surface area contributed by atoms with Gasteiger partial charge in [-0.2, -0.15) is 0 Å². The summed E-state index contributed by atoms with van der Waals surface area (Å²) in [5, 5.41) is 0.802. The maximum Gasteiger partial charge on any atom is 0.186 e. The van der Waals surface area contributed by atoms with Gasteiger partial charge >= 0.3 is 0 Å². The molecule has 1 rings (SSSR count). The van der Waals surface area contributed by atoms with E-state index in [0.29, 0.717) is 5.25 Å². The zero-order valence-electron chi connectivity index (χ0n) is 7.17. The van der Waals surface area contributed by atoms with Gasteiger partial charge in [0.25, 0.3) is 0 Å². The van der Waals surface area contributed by atoms with Crippen LogP contribution in [0.4, 0.5) is 0 Å². The van der Waals surface area contributed by atoms with Crippen LogP contribution >= 0.6 is 11.8 Å². The van der Waals surface area contributed by atoms with Crippen molar-refractivity contribution >= 4 is 24.9 Å². The van der Waals surface area contributed by atoms with Crippen molar-refractivity contribution in [1.29, 1.82) is 0 Å². The van der Waals surface area contributed by atoms with Crippen molar-refractivity contribution in [2.45, 2.75) is 25.0 Å². The number of nitrogens with zero attached hydrogens (tertiary/aromatic N) is 1. The van der Waals surface area contributed by atoms with Gasteiger partial charge < -0.3 is 4.81 Å². The first-order valence-corrected chi connectivity index (χ1v) is 4.92. The first-order valence-electron chi connectivity index (χ1n) is 4.04. The van der Waals surface area contributed by atoms with Crippen LogP contribution in [0.3, 0.4) is 0 Å². The van der Waals surface area contributed by atoms with E-state index in [1.807, 2.05) is 0 Å². The van der Waals surface area contributed by atoms with E-state index < -0.39 is 0 Å². The monoisotopic (exact) mass is 171 g/mol. The van der Waals surface area contributed by atoms with Crippen molar-refractivity contribution < 1.29 is 4.79 Å². The predicted molar refractivity (Wildman–Crippen MR) is 51.4 cm³/mol. The smallest absolute Gasteiger partial charge is 0.186 e. The van der Waals surface area contributed by atoms with Crippen molar-refractivity contribution in [2.24, 2.45) is 0 Å². The molecule has 2 nitrogen and oxygen atoms in total. The lowest BCUT2D eigenvalue weighted by molar-refractivity contribution is -0.109. The van der Waals surface area contributed by atoms with E-state index in [0.717, 1.165) is 6.54 Å². The molecule has 1 aliphatic rings. The minimum Gasteiger partial charge on any atom is -0.348 e. The fourth-order valence-electron chi connectivity index (χ4n) is 1.45. The number of hydrogen-bond acceptors (Lipinski definition) is 3. The van der Waals surface area contributed by atoms with E-state index in [-0.39, 0.29) is 5.12 Å². The average Bonchev–Trinajstić information content (AvgIpc) is 1.85. The normalized spacial score (nSPS) is 26.8. The maximum atomic E-state index is 10.8. The molecule has 1 fully saturated rings. The quantitative estimate of drug-likeness (QED) is 0.528. The van der Waals surface area contributed by atoms with Gasteiger partial charge in [-0.15, -0.1) is 0 Å². The van der Waals surface area contributed by atoms with Crippen LogP contribution in [0.25, 0.3) is 0 Å². The number of piperidine rings is 1. The summed E-state index contributed by atoms with van der Waals surface area (Å²) in [6.45, 7) is 3.92. The third-order valence-electron chi connectivity index (χ3n) is 1.91. The molecule has 0 N–H and O–H groups in total. The Hall–Kier alpha value is 0.0449. The number of hydrogen-bond donors (Lipinski definition) is 0. The molecule has 0 radical (unpaired) electrons. The van der Waals surface area contributed by atoms with Crippen molar-refractivity contribution in [1.82, 2.24) is 4.81 Å². The number of carbonyl (C=O) groups is 1. The summed E-state index contributed by atoms with van der Waals surface area (Å²) in [5.74, 6) is 0. The molecule has 4 heteroatoms. The summed E-state index contributed by atoms with van der Waals surface area (Å²) >= 11 is 1.50. The zero-order chi connectivity index (χ0) is 8.27. The minimum absolute atomic E-state index is 0.255. The molecule has 0 bridgehead atoms. The molecule has 0 spiro atoms. The van der Waals surface area contributed by atoms with E-state index in [9.17, 15) is 4.79 Å². The highest BCUT2D eigenvalue weighted by Crippen LogP contribution is 2.21. The van der Waals surface area contributed by atoms with E-state index in [2.05, 4.69) is 12.8 Å². The fraction of sp³-hybridized carbons (Fsp3) is 0.857. The maximum absolute atomic E-state index is 10.8. The van der Waals surface area contributed by atoms with E-state index >= 15 is 0 Å². The van der Waals surface area contributed by atoms with Gasteiger partial charge in [-0.25, -0.2) is 0 Å². The van der Waals surface area contributed by atoms with E-state index in [4.69, 9.17) is 0 Å². The Balaban J connectivity index is 2.28. The molecule has 1 atom stereocenters. The first-order chi connectivity index (χ1) is 5.18. The molecular weight excluding hydrogens is 157 g/mol. The van der Waals surface area contributed by atoms with Gasteiger partial charge in [-0.1, -0.05) is 11.8 Å². The van der Waals surface area contributed by atoms with Crippen molar-refractivity contribution in [3.63, 3.8) is 0 Å². The van der Waals surface area contributed by atoms with Crippen LogP contribution in [0.1, 0.15) is 19.8 Å². The number of thioether (sulfide) groups is 1. The highest BCUT2D eigenvalue weighted by Gasteiger charge is 2.18. The second kappa shape index (κ2) is 4.17. The Morgan fingerprint density at radius 3 is 3.00 bits per heavy atom. The first kappa shape index (κ1) is 9.14. The van der Waals surface area contributed by atoms with Gasteiger partial charge in [0, 0.05) is 12.2 Å². The van der Waals surface area contributed by atoms with Crippen molar-refractivity contribution in [3.05, 3.63) is 0 Å². The van der Waals surface area contributed by atoms with Crippen LogP contribution < -0.4 is 0 Å². The van der Waals surface area contributed by atoms with E-state index in [1.54, 1.807) is 6.92 Å². The second-order valence-corrected chi connectivity index (χ2v) is 4.61. The molecule has 1 unspecified atom stereocenters. The Morgan fingerprint density at radius 1 is 1.73 bits per heavy atom. The molecule has 0 aromatic carbocycles. The highest BCUT2D eigenvalue weighted by atomic mass is 32.2. The molecule has 1 saturated heterocycles. The third kappa shape index (κ3) is 3.30. The Morgan fingerprint density at radius 2 is 2.45 bits per heavy atom. The topological polar surface area (TPSA) is 20.3 Å². The summed E-state index contributed by atoms with van der Waals surface area (Å²) in [5.41, 5.74) is 0. The lowest BCUT2D eigenvalue weighted by atomic mass is 10.1. The Labute approximate surface area is 73.1 Å². The van der Waals surface area contributed by atoms with Crippen LogP contribution in [-0.4, -0.2) is 36.2 Å².